The van der Waals surface area contributed by atoms with Gasteiger partial charge in [0, 0.05) is 6.42 Å². The highest BCUT2D eigenvalue weighted by Gasteiger charge is 2.14. The first-order chi connectivity index (χ1) is 9.65. The van der Waals surface area contributed by atoms with E-state index in [1.54, 1.807) is 24.3 Å². The van der Waals surface area contributed by atoms with Gasteiger partial charge in [0.1, 0.15) is 11.3 Å². The van der Waals surface area contributed by atoms with Gasteiger partial charge in [-0.25, -0.2) is 4.79 Å². The number of aromatic hydroxyl groups is 1. The Kier molecular flexibility index (Phi) is 3.03. The molecule has 0 fully saturated rings. The maximum Gasteiger partial charge on any atom is 0.343 e. The number of hydrogen-bond donors (Lipinski definition) is 1. The second-order valence-corrected chi connectivity index (χ2v) is 4.77. The number of hydrogen-bond acceptors (Lipinski definition) is 3. The van der Waals surface area contributed by atoms with Crippen LogP contribution in [0.5, 0.6) is 5.75 Å². The fourth-order valence-corrected chi connectivity index (χ4v) is 2.29. The fourth-order valence-electron chi connectivity index (χ4n) is 2.29. The zero-order chi connectivity index (χ0) is 14.1. The van der Waals surface area contributed by atoms with Crippen LogP contribution in [-0.4, -0.2) is 5.11 Å². The molecule has 3 rings (SSSR count). The molecule has 0 amide bonds. The van der Waals surface area contributed by atoms with Crippen LogP contribution in [-0.2, 0) is 6.42 Å². The first-order valence-corrected chi connectivity index (χ1v) is 6.36. The van der Waals surface area contributed by atoms with Gasteiger partial charge in [0.15, 0.2) is 0 Å². The summed E-state index contributed by atoms with van der Waals surface area (Å²) in [5.74, 6) is 0.00216. The van der Waals surface area contributed by atoms with Crippen LogP contribution in [0.15, 0.2) is 51.7 Å². The molecule has 1 N–H and O–H groups in total. The van der Waals surface area contributed by atoms with E-state index in [-0.39, 0.29) is 11.3 Å². The van der Waals surface area contributed by atoms with Crippen molar-refractivity contribution in [3.63, 3.8) is 0 Å². The summed E-state index contributed by atoms with van der Waals surface area (Å²) in [6.45, 7) is 1.94. The monoisotopic (exact) mass is 265 g/mol. The van der Waals surface area contributed by atoms with Gasteiger partial charge in [-0.2, -0.15) is 0 Å². The maximum absolute atomic E-state index is 12.0. The molecular formula is C17H13O3. The summed E-state index contributed by atoms with van der Waals surface area (Å²) >= 11 is 0. The standard InChI is InChI=1S/C17H13O3/c1-11-5-4-6-12(9-11)10-14-16(18)13-7-2-3-8-15(13)20-17(14)19/h2-4,6-9,18H,10H2,1H3. The van der Waals surface area contributed by atoms with Crippen LogP contribution in [0.3, 0.4) is 0 Å². The first kappa shape index (κ1) is 12.5. The van der Waals surface area contributed by atoms with E-state index in [0.717, 1.165) is 11.1 Å². The number of aryl methyl sites for hydroxylation is 1. The number of fused-ring (bicyclic) bond motifs is 1. The topological polar surface area (TPSA) is 50.4 Å². The van der Waals surface area contributed by atoms with Crippen LogP contribution in [0.2, 0.25) is 0 Å². The van der Waals surface area contributed by atoms with E-state index < -0.39 is 5.63 Å². The van der Waals surface area contributed by atoms with Gasteiger partial charge in [-0.15, -0.1) is 0 Å². The molecule has 1 radical (unpaired) electrons. The van der Waals surface area contributed by atoms with E-state index >= 15 is 0 Å². The van der Waals surface area contributed by atoms with E-state index in [0.29, 0.717) is 17.4 Å². The van der Waals surface area contributed by atoms with E-state index in [9.17, 15) is 9.90 Å². The van der Waals surface area contributed by atoms with Crippen molar-refractivity contribution in [2.75, 3.05) is 0 Å². The van der Waals surface area contributed by atoms with E-state index in [1.165, 1.54) is 0 Å². The molecular weight excluding hydrogens is 252 g/mol. The number of para-hydroxylation sites is 1. The van der Waals surface area contributed by atoms with Crippen LogP contribution < -0.4 is 5.63 Å². The smallest absolute Gasteiger partial charge is 0.343 e. The van der Waals surface area contributed by atoms with Crippen LogP contribution in [0.4, 0.5) is 0 Å². The Balaban J connectivity index is 2.14. The lowest BCUT2D eigenvalue weighted by Gasteiger charge is -2.06. The van der Waals surface area contributed by atoms with Crippen LogP contribution in [0, 0.1) is 13.0 Å². The zero-order valence-electron chi connectivity index (χ0n) is 11.0. The Morgan fingerprint density at radius 1 is 1.25 bits per heavy atom. The van der Waals surface area contributed by atoms with Crippen molar-refractivity contribution in [3.05, 3.63) is 75.6 Å². The fraction of sp³-hybridized carbons (Fsp3) is 0.118. The van der Waals surface area contributed by atoms with E-state index in [2.05, 4.69) is 6.07 Å². The molecule has 1 aromatic heterocycles. The molecule has 0 spiro atoms. The highest BCUT2D eigenvalue weighted by Crippen LogP contribution is 2.27. The minimum atomic E-state index is -0.494. The minimum Gasteiger partial charge on any atom is -0.507 e. The lowest BCUT2D eigenvalue weighted by molar-refractivity contribution is 0.458. The SMILES string of the molecule is Cc1[c]ccc(Cc2c(O)c3ccccc3oc2=O)c1. The van der Waals surface area contributed by atoms with Gasteiger partial charge in [-0.3, -0.25) is 0 Å². The second-order valence-electron chi connectivity index (χ2n) is 4.77. The molecule has 3 nitrogen and oxygen atoms in total. The van der Waals surface area contributed by atoms with Crippen molar-refractivity contribution in [1.82, 2.24) is 0 Å². The van der Waals surface area contributed by atoms with Crippen molar-refractivity contribution >= 4 is 11.0 Å². The van der Waals surface area contributed by atoms with Crippen LogP contribution in [0.25, 0.3) is 11.0 Å². The molecule has 20 heavy (non-hydrogen) atoms. The molecule has 0 saturated carbocycles. The molecule has 0 aliphatic rings. The minimum absolute atomic E-state index is 0.00216. The van der Waals surface area contributed by atoms with Gasteiger partial charge in [0.05, 0.1) is 10.9 Å². The third-order valence-corrected chi connectivity index (χ3v) is 3.27. The normalized spacial score (nSPS) is 10.8. The average molecular weight is 265 g/mol. The molecule has 1 heterocycles. The van der Waals surface area contributed by atoms with Crippen molar-refractivity contribution in [2.24, 2.45) is 0 Å². The molecule has 0 aliphatic carbocycles. The average Bonchev–Trinajstić information content (AvgIpc) is 2.43. The summed E-state index contributed by atoms with van der Waals surface area (Å²) < 4.78 is 5.25. The number of rotatable bonds is 2. The molecule has 0 atom stereocenters. The predicted octanol–water partition coefficient (Wildman–Crippen LogP) is 3.20. The Labute approximate surface area is 116 Å². The lowest BCUT2D eigenvalue weighted by Crippen LogP contribution is -2.08. The van der Waals surface area contributed by atoms with Crippen LogP contribution in [0.1, 0.15) is 16.7 Å². The third kappa shape index (κ3) is 2.18. The quantitative estimate of drug-likeness (QED) is 0.724. The number of benzene rings is 2. The van der Waals surface area contributed by atoms with Crippen LogP contribution >= 0.6 is 0 Å². The molecule has 0 unspecified atom stereocenters. The molecule has 0 bridgehead atoms. The molecule has 0 aliphatic heterocycles. The maximum atomic E-state index is 12.0. The predicted molar refractivity (Wildman–Crippen MR) is 77.0 cm³/mol. The molecule has 3 aromatic rings. The highest BCUT2D eigenvalue weighted by molar-refractivity contribution is 5.84. The lowest BCUT2D eigenvalue weighted by atomic mass is 10.0. The summed E-state index contributed by atoms with van der Waals surface area (Å²) in [4.78, 5) is 12.0. The largest absolute Gasteiger partial charge is 0.507 e. The van der Waals surface area contributed by atoms with Crippen molar-refractivity contribution < 1.29 is 9.52 Å². The third-order valence-electron chi connectivity index (χ3n) is 3.27. The van der Waals surface area contributed by atoms with Gasteiger partial charge in [-0.1, -0.05) is 30.3 Å². The Hall–Kier alpha value is -2.55. The first-order valence-electron chi connectivity index (χ1n) is 6.36. The van der Waals surface area contributed by atoms with Crippen molar-refractivity contribution in [3.8, 4) is 5.75 Å². The zero-order valence-corrected chi connectivity index (χ0v) is 11.0. The Morgan fingerprint density at radius 2 is 2.05 bits per heavy atom. The summed E-state index contributed by atoms with van der Waals surface area (Å²) in [6.07, 6.45) is 0.342. The van der Waals surface area contributed by atoms with Crippen molar-refractivity contribution in [1.29, 1.82) is 0 Å². The summed E-state index contributed by atoms with van der Waals surface area (Å²) in [5, 5.41) is 10.8. The second kappa shape index (κ2) is 4.85. The molecule has 0 saturated heterocycles. The van der Waals surface area contributed by atoms with E-state index in [1.807, 2.05) is 25.1 Å². The van der Waals surface area contributed by atoms with Crippen molar-refractivity contribution in [2.45, 2.75) is 13.3 Å². The molecule has 99 valence electrons. The highest BCUT2D eigenvalue weighted by atomic mass is 16.4. The van der Waals surface area contributed by atoms with Gasteiger partial charge in [0.25, 0.3) is 0 Å². The Bertz CT molecular complexity index is 831. The summed E-state index contributed by atoms with van der Waals surface area (Å²) in [6, 6.07) is 15.6. The van der Waals surface area contributed by atoms with Gasteiger partial charge < -0.3 is 9.52 Å². The molecule has 3 heteroatoms. The van der Waals surface area contributed by atoms with Gasteiger partial charge in [0.2, 0.25) is 0 Å². The molecule has 2 aromatic carbocycles. The summed E-state index contributed by atoms with van der Waals surface area (Å²) in [7, 11) is 0. The van der Waals surface area contributed by atoms with Gasteiger partial charge in [-0.05, 0) is 36.2 Å². The Morgan fingerprint density at radius 3 is 2.85 bits per heavy atom. The van der Waals surface area contributed by atoms with E-state index in [4.69, 9.17) is 4.42 Å². The van der Waals surface area contributed by atoms with Gasteiger partial charge >= 0.3 is 5.63 Å². The summed E-state index contributed by atoms with van der Waals surface area (Å²) in [5.41, 5.74) is 2.13.